The fraction of sp³-hybridized carbons (Fsp3) is 0.333. The lowest BCUT2D eigenvalue weighted by molar-refractivity contribution is 0.923. The maximum absolute atomic E-state index is 6.01. The highest BCUT2D eigenvalue weighted by atomic mass is 127. The highest BCUT2D eigenvalue weighted by molar-refractivity contribution is 14.1. The molecule has 0 saturated carbocycles. The summed E-state index contributed by atoms with van der Waals surface area (Å²) in [4.78, 5) is 10.4. The Balaban J connectivity index is 2.17. The van der Waals surface area contributed by atoms with E-state index in [1.807, 2.05) is 18.2 Å². The summed E-state index contributed by atoms with van der Waals surface area (Å²) in [5.41, 5.74) is 1.10. The second-order valence-corrected chi connectivity index (χ2v) is 6.94. The summed E-state index contributed by atoms with van der Waals surface area (Å²) >= 11 is 10.0. The molecule has 0 aliphatic heterocycles. The molecule has 0 bridgehead atoms. The average molecular weight is 434 g/mol. The van der Waals surface area contributed by atoms with Crippen LogP contribution in [-0.4, -0.2) is 16.5 Å². The van der Waals surface area contributed by atoms with E-state index in [2.05, 4.69) is 57.8 Å². The maximum atomic E-state index is 6.01. The van der Waals surface area contributed by atoms with Crippen LogP contribution >= 0.6 is 46.0 Å². The van der Waals surface area contributed by atoms with Gasteiger partial charge in [-0.2, -0.15) is 0 Å². The minimum Gasteiger partial charge on any atom is -0.369 e. The van der Waals surface area contributed by atoms with Gasteiger partial charge in [0.1, 0.15) is 11.6 Å². The minimum absolute atomic E-state index is 0.739. The molecule has 0 saturated heterocycles. The fourth-order valence-electron chi connectivity index (χ4n) is 1.83. The van der Waals surface area contributed by atoms with Gasteiger partial charge < -0.3 is 5.32 Å². The number of hydrogen-bond donors (Lipinski definition) is 1. The van der Waals surface area contributed by atoms with E-state index in [1.165, 1.54) is 0 Å². The fourth-order valence-corrected chi connectivity index (χ4v) is 3.71. The van der Waals surface area contributed by atoms with E-state index >= 15 is 0 Å². The van der Waals surface area contributed by atoms with Crippen LogP contribution in [0.1, 0.15) is 25.4 Å². The molecule has 6 heteroatoms. The van der Waals surface area contributed by atoms with E-state index in [0.717, 1.165) is 49.5 Å². The van der Waals surface area contributed by atoms with Crippen molar-refractivity contribution in [1.82, 2.24) is 9.97 Å². The predicted octanol–water partition coefficient (Wildman–Crippen LogP) is 5.02. The van der Waals surface area contributed by atoms with Gasteiger partial charge in [0, 0.05) is 16.5 Å². The molecule has 1 aromatic heterocycles. The van der Waals surface area contributed by atoms with Gasteiger partial charge in [0.05, 0.1) is 15.0 Å². The van der Waals surface area contributed by atoms with Gasteiger partial charge >= 0.3 is 0 Å². The average Bonchev–Trinajstić information content (AvgIpc) is 2.48. The van der Waals surface area contributed by atoms with Crippen molar-refractivity contribution >= 4 is 51.8 Å². The lowest BCUT2D eigenvalue weighted by Crippen LogP contribution is -2.09. The van der Waals surface area contributed by atoms with Crippen molar-refractivity contribution < 1.29 is 0 Å². The molecule has 0 amide bonds. The van der Waals surface area contributed by atoms with Crippen LogP contribution in [0.3, 0.4) is 0 Å². The molecule has 0 aliphatic rings. The lowest BCUT2D eigenvalue weighted by atomic mass is 10.3. The van der Waals surface area contributed by atoms with Crippen molar-refractivity contribution in [3.8, 4) is 0 Å². The standard InChI is InChI=1S/C15H17ClIN3S/c1-3-12-14(17)15(18-4-2)20-13(19-12)9-21-11-7-5-6-10(16)8-11/h5-8H,3-4,9H2,1-2H3,(H,18,19,20). The van der Waals surface area contributed by atoms with Crippen LogP contribution in [0.15, 0.2) is 29.2 Å². The number of rotatable bonds is 6. The molecule has 0 aliphatic carbocycles. The molecule has 21 heavy (non-hydrogen) atoms. The molecule has 2 rings (SSSR count). The largest absolute Gasteiger partial charge is 0.369 e. The molecule has 0 unspecified atom stereocenters. The Morgan fingerprint density at radius 2 is 2.10 bits per heavy atom. The molecular formula is C15H17ClIN3S. The summed E-state index contributed by atoms with van der Waals surface area (Å²) in [5, 5.41) is 4.06. The van der Waals surface area contributed by atoms with Crippen LogP contribution in [0, 0.1) is 3.57 Å². The smallest absolute Gasteiger partial charge is 0.143 e. The van der Waals surface area contributed by atoms with Crippen molar-refractivity contribution in [2.45, 2.75) is 30.9 Å². The molecular weight excluding hydrogens is 417 g/mol. The van der Waals surface area contributed by atoms with Gasteiger partial charge in [-0.05, 0) is 54.1 Å². The first-order valence-electron chi connectivity index (χ1n) is 6.81. The van der Waals surface area contributed by atoms with E-state index in [9.17, 15) is 0 Å². The van der Waals surface area contributed by atoms with Crippen LogP contribution in [-0.2, 0) is 12.2 Å². The van der Waals surface area contributed by atoms with Crippen molar-refractivity contribution in [3.63, 3.8) is 0 Å². The van der Waals surface area contributed by atoms with E-state index in [-0.39, 0.29) is 0 Å². The highest BCUT2D eigenvalue weighted by Gasteiger charge is 2.11. The topological polar surface area (TPSA) is 37.8 Å². The molecule has 1 aromatic carbocycles. The number of halogens is 2. The molecule has 0 radical (unpaired) electrons. The summed E-state index contributed by atoms with van der Waals surface area (Å²) in [7, 11) is 0. The molecule has 3 nitrogen and oxygen atoms in total. The Labute approximate surface area is 148 Å². The molecule has 1 heterocycles. The molecule has 0 fully saturated rings. The number of aromatic nitrogens is 2. The Bertz CT molecular complexity index is 622. The van der Waals surface area contributed by atoms with Crippen molar-refractivity contribution in [3.05, 3.63) is 44.4 Å². The predicted molar refractivity (Wildman–Crippen MR) is 99.3 cm³/mol. The summed E-state index contributed by atoms with van der Waals surface area (Å²) in [6, 6.07) is 7.85. The molecule has 0 spiro atoms. The van der Waals surface area contributed by atoms with Gasteiger partial charge in [-0.3, -0.25) is 0 Å². The van der Waals surface area contributed by atoms with Crippen LogP contribution < -0.4 is 5.32 Å². The number of thioether (sulfide) groups is 1. The number of nitrogens with one attached hydrogen (secondary N) is 1. The summed E-state index contributed by atoms with van der Waals surface area (Å²) < 4.78 is 1.12. The highest BCUT2D eigenvalue weighted by Crippen LogP contribution is 2.26. The van der Waals surface area contributed by atoms with Crippen LogP contribution in [0.25, 0.3) is 0 Å². The monoisotopic (exact) mass is 433 g/mol. The number of anilines is 1. The number of aryl methyl sites for hydroxylation is 1. The zero-order valence-corrected chi connectivity index (χ0v) is 15.7. The molecule has 2 aromatic rings. The molecule has 0 atom stereocenters. The Morgan fingerprint density at radius 3 is 2.76 bits per heavy atom. The zero-order valence-electron chi connectivity index (χ0n) is 12.0. The quantitative estimate of drug-likeness (QED) is 0.513. The Morgan fingerprint density at radius 1 is 1.29 bits per heavy atom. The number of hydrogen-bond acceptors (Lipinski definition) is 4. The lowest BCUT2D eigenvalue weighted by Gasteiger charge is -2.11. The van der Waals surface area contributed by atoms with Crippen molar-refractivity contribution in [2.24, 2.45) is 0 Å². The third kappa shape index (κ3) is 4.72. The van der Waals surface area contributed by atoms with Crippen LogP contribution in [0.5, 0.6) is 0 Å². The van der Waals surface area contributed by atoms with Crippen molar-refractivity contribution in [2.75, 3.05) is 11.9 Å². The third-order valence-electron chi connectivity index (χ3n) is 2.81. The van der Waals surface area contributed by atoms with Gasteiger partial charge in [-0.25, -0.2) is 9.97 Å². The van der Waals surface area contributed by atoms with E-state index in [0.29, 0.717) is 0 Å². The SMILES string of the molecule is CCNc1nc(CSc2cccc(Cl)c2)nc(CC)c1I. The minimum atomic E-state index is 0.739. The van der Waals surface area contributed by atoms with E-state index < -0.39 is 0 Å². The number of nitrogens with zero attached hydrogens (tertiary/aromatic N) is 2. The first kappa shape index (κ1) is 16.8. The van der Waals surface area contributed by atoms with Gasteiger partial charge in [-0.1, -0.05) is 24.6 Å². The van der Waals surface area contributed by atoms with Crippen LogP contribution in [0.4, 0.5) is 5.82 Å². The maximum Gasteiger partial charge on any atom is 0.143 e. The third-order valence-corrected chi connectivity index (χ3v) is 5.17. The van der Waals surface area contributed by atoms with Gasteiger partial charge in [0.2, 0.25) is 0 Å². The second kappa shape index (κ2) is 8.19. The second-order valence-electron chi connectivity index (χ2n) is 4.38. The number of benzene rings is 1. The first-order chi connectivity index (χ1) is 10.1. The first-order valence-corrected chi connectivity index (χ1v) is 9.25. The Kier molecular flexibility index (Phi) is 6.57. The van der Waals surface area contributed by atoms with Crippen molar-refractivity contribution in [1.29, 1.82) is 0 Å². The summed E-state index contributed by atoms with van der Waals surface area (Å²) in [6.45, 7) is 5.05. The van der Waals surface area contributed by atoms with Gasteiger partial charge in [0.25, 0.3) is 0 Å². The summed E-state index contributed by atoms with van der Waals surface area (Å²) in [6.07, 6.45) is 0.911. The summed E-state index contributed by atoms with van der Waals surface area (Å²) in [5.74, 6) is 2.53. The normalized spacial score (nSPS) is 10.7. The van der Waals surface area contributed by atoms with E-state index in [1.54, 1.807) is 11.8 Å². The molecule has 112 valence electrons. The van der Waals surface area contributed by atoms with Gasteiger partial charge in [-0.15, -0.1) is 11.8 Å². The molecule has 1 N–H and O–H groups in total. The van der Waals surface area contributed by atoms with Gasteiger partial charge in [0.15, 0.2) is 0 Å². The Hall–Kier alpha value is -0.530. The van der Waals surface area contributed by atoms with E-state index in [4.69, 9.17) is 11.6 Å². The van der Waals surface area contributed by atoms with Crippen LogP contribution in [0.2, 0.25) is 5.02 Å². The zero-order chi connectivity index (χ0) is 15.2.